The summed E-state index contributed by atoms with van der Waals surface area (Å²) in [5.41, 5.74) is 0.504. The van der Waals surface area contributed by atoms with E-state index in [1.807, 2.05) is 24.3 Å². The average Bonchev–Trinajstić information content (AvgIpc) is 2.32. The Morgan fingerprint density at radius 1 is 1.29 bits per heavy atom. The largest absolute Gasteiger partial charge is 0.298 e. The summed E-state index contributed by atoms with van der Waals surface area (Å²) in [6, 6.07) is 9.15. The van der Waals surface area contributed by atoms with E-state index in [2.05, 4.69) is 20.9 Å². The molecule has 0 bridgehead atoms. The van der Waals surface area contributed by atoms with Crippen LogP contribution in [0.15, 0.2) is 50.9 Å². The molecular formula is C12H7BrClNOS. The van der Waals surface area contributed by atoms with Gasteiger partial charge in [-0.15, -0.1) is 0 Å². The van der Waals surface area contributed by atoms with Crippen LogP contribution in [0.4, 0.5) is 0 Å². The minimum absolute atomic E-state index is 0.460. The van der Waals surface area contributed by atoms with Gasteiger partial charge in [0.1, 0.15) is 5.03 Å². The average molecular weight is 329 g/mol. The number of rotatable bonds is 3. The highest BCUT2D eigenvalue weighted by Gasteiger charge is 2.08. The molecule has 2 rings (SSSR count). The standard InChI is InChI=1S/C12H7BrClNOS/c13-8-4-5-12(15-6-8)17-11-3-1-2-10(14)9(11)7-16/h1-7H. The van der Waals surface area contributed by atoms with Crippen LogP contribution >= 0.6 is 39.3 Å². The molecule has 0 spiro atoms. The molecule has 2 nitrogen and oxygen atoms in total. The SMILES string of the molecule is O=Cc1c(Cl)cccc1Sc1ccc(Br)cn1. The van der Waals surface area contributed by atoms with E-state index in [1.165, 1.54) is 11.8 Å². The Bertz CT molecular complexity index is 545. The number of aldehydes is 1. The van der Waals surface area contributed by atoms with Crippen molar-refractivity contribution in [3.63, 3.8) is 0 Å². The lowest BCUT2D eigenvalue weighted by Crippen LogP contribution is -1.87. The first kappa shape index (κ1) is 12.6. The molecule has 0 unspecified atom stereocenters. The molecule has 86 valence electrons. The van der Waals surface area contributed by atoms with Crippen molar-refractivity contribution in [2.75, 3.05) is 0 Å². The Balaban J connectivity index is 2.33. The van der Waals surface area contributed by atoms with Gasteiger partial charge in [-0.1, -0.05) is 29.4 Å². The van der Waals surface area contributed by atoms with Crippen LogP contribution in [0.1, 0.15) is 10.4 Å². The Kier molecular flexibility index (Phi) is 4.20. The summed E-state index contributed by atoms with van der Waals surface area (Å²) in [5.74, 6) is 0. The quantitative estimate of drug-likeness (QED) is 0.779. The predicted molar refractivity (Wildman–Crippen MR) is 72.9 cm³/mol. The minimum atomic E-state index is 0.460. The van der Waals surface area contributed by atoms with Crippen LogP contribution in [0.2, 0.25) is 5.02 Å². The van der Waals surface area contributed by atoms with Crippen LogP contribution in [0.5, 0.6) is 0 Å². The molecule has 0 amide bonds. The van der Waals surface area contributed by atoms with Crippen molar-refractivity contribution in [3.8, 4) is 0 Å². The lowest BCUT2D eigenvalue weighted by atomic mass is 10.2. The smallest absolute Gasteiger partial charge is 0.152 e. The maximum Gasteiger partial charge on any atom is 0.152 e. The van der Waals surface area contributed by atoms with Crippen molar-refractivity contribution in [1.82, 2.24) is 4.98 Å². The van der Waals surface area contributed by atoms with Gasteiger partial charge in [0.25, 0.3) is 0 Å². The van der Waals surface area contributed by atoms with Gasteiger partial charge in [-0.3, -0.25) is 4.79 Å². The number of carbonyl (C=O) groups is 1. The van der Waals surface area contributed by atoms with Gasteiger partial charge in [0.15, 0.2) is 6.29 Å². The monoisotopic (exact) mass is 327 g/mol. The van der Waals surface area contributed by atoms with Crippen molar-refractivity contribution in [1.29, 1.82) is 0 Å². The zero-order chi connectivity index (χ0) is 12.3. The molecule has 17 heavy (non-hydrogen) atoms. The maximum atomic E-state index is 11.0. The van der Waals surface area contributed by atoms with E-state index >= 15 is 0 Å². The summed E-state index contributed by atoms with van der Waals surface area (Å²) < 4.78 is 0.920. The fourth-order valence-corrected chi connectivity index (χ4v) is 2.65. The second kappa shape index (κ2) is 5.67. The summed E-state index contributed by atoms with van der Waals surface area (Å²) >= 11 is 10.7. The summed E-state index contributed by atoms with van der Waals surface area (Å²) in [5, 5.41) is 1.28. The number of pyridine rings is 1. The van der Waals surface area contributed by atoms with Crippen molar-refractivity contribution in [2.24, 2.45) is 0 Å². The summed E-state index contributed by atoms with van der Waals surface area (Å²) in [4.78, 5) is 16.0. The molecule has 0 aliphatic carbocycles. The molecule has 0 aliphatic heterocycles. The molecule has 0 aliphatic rings. The molecular weight excluding hydrogens is 322 g/mol. The van der Waals surface area contributed by atoms with Gasteiger partial charge in [0.05, 0.1) is 5.02 Å². The third-order valence-corrected chi connectivity index (χ3v) is 3.87. The molecule has 0 N–H and O–H groups in total. The third kappa shape index (κ3) is 3.09. The highest BCUT2D eigenvalue weighted by molar-refractivity contribution is 9.10. The van der Waals surface area contributed by atoms with E-state index in [4.69, 9.17) is 11.6 Å². The highest BCUT2D eigenvalue weighted by atomic mass is 79.9. The van der Waals surface area contributed by atoms with Crippen LogP contribution < -0.4 is 0 Å². The zero-order valence-corrected chi connectivity index (χ0v) is 11.7. The van der Waals surface area contributed by atoms with E-state index in [0.717, 1.165) is 20.7 Å². The van der Waals surface area contributed by atoms with E-state index in [-0.39, 0.29) is 0 Å². The number of carbonyl (C=O) groups excluding carboxylic acids is 1. The van der Waals surface area contributed by atoms with Gasteiger partial charge < -0.3 is 0 Å². The second-order valence-electron chi connectivity index (χ2n) is 3.19. The topological polar surface area (TPSA) is 30.0 Å². The lowest BCUT2D eigenvalue weighted by Gasteiger charge is -2.05. The van der Waals surface area contributed by atoms with Gasteiger partial charge in [-0.25, -0.2) is 4.98 Å². The Morgan fingerprint density at radius 3 is 2.76 bits per heavy atom. The number of halogens is 2. The van der Waals surface area contributed by atoms with Gasteiger partial charge in [0.2, 0.25) is 0 Å². The van der Waals surface area contributed by atoms with Crippen LogP contribution in [-0.2, 0) is 0 Å². The van der Waals surface area contributed by atoms with Crippen LogP contribution in [0, 0.1) is 0 Å². The molecule has 0 saturated heterocycles. The second-order valence-corrected chi connectivity index (χ2v) is 5.57. The first-order chi connectivity index (χ1) is 8.20. The van der Waals surface area contributed by atoms with Crippen LogP contribution in [-0.4, -0.2) is 11.3 Å². The van der Waals surface area contributed by atoms with Crippen molar-refractivity contribution >= 4 is 45.6 Å². The number of benzene rings is 1. The lowest BCUT2D eigenvalue weighted by molar-refractivity contribution is 0.112. The van der Waals surface area contributed by atoms with E-state index < -0.39 is 0 Å². The fraction of sp³-hybridized carbons (Fsp3) is 0. The van der Waals surface area contributed by atoms with Gasteiger partial charge in [-0.05, 0) is 40.2 Å². The third-order valence-electron chi connectivity index (χ3n) is 2.05. The molecule has 0 atom stereocenters. The Hall–Kier alpha value is -0.840. The zero-order valence-electron chi connectivity index (χ0n) is 8.56. The van der Waals surface area contributed by atoms with Crippen molar-refractivity contribution in [3.05, 3.63) is 51.6 Å². The van der Waals surface area contributed by atoms with Gasteiger partial charge >= 0.3 is 0 Å². The minimum Gasteiger partial charge on any atom is -0.298 e. The first-order valence-corrected chi connectivity index (χ1v) is 6.72. The number of aromatic nitrogens is 1. The van der Waals surface area contributed by atoms with Crippen molar-refractivity contribution < 1.29 is 4.79 Å². The number of hydrogen-bond acceptors (Lipinski definition) is 3. The van der Waals surface area contributed by atoms with Gasteiger partial charge in [-0.2, -0.15) is 0 Å². The Labute approximate surface area is 117 Å². The van der Waals surface area contributed by atoms with Gasteiger partial charge in [0, 0.05) is 21.1 Å². The predicted octanol–water partition coefficient (Wildman–Crippen LogP) is 4.46. The number of nitrogens with zero attached hydrogens (tertiary/aromatic N) is 1. The normalized spacial score (nSPS) is 10.2. The van der Waals surface area contributed by atoms with Crippen LogP contribution in [0.3, 0.4) is 0 Å². The first-order valence-electron chi connectivity index (χ1n) is 4.74. The number of hydrogen-bond donors (Lipinski definition) is 0. The molecule has 1 heterocycles. The molecule has 5 heteroatoms. The van der Waals surface area contributed by atoms with E-state index in [1.54, 1.807) is 12.3 Å². The van der Waals surface area contributed by atoms with E-state index in [0.29, 0.717) is 10.6 Å². The summed E-state index contributed by atoms with van der Waals surface area (Å²) in [6.07, 6.45) is 2.48. The molecule has 2 aromatic rings. The fourth-order valence-electron chi connectivity index (χ4n) is 1.26. The van der Waals surface area contributed by atoms with Crippen LogP contribution in [0.25, 0.3) is 0 Å². The molecule has 1 aromatic carbocycles. The summed E-state index contributed by atoms with van der Waals surface area (Å²) in [7, 11) is 0. The highest BCUT2D eigenvalue weighted by Crippen LogP contribution is 2.32. The van der Waals surface area contributed by atoms with E-state index in [9.17, 15) is 4.79 Å². The molecule has 1 aromatic heterocycles. The van der Waals surface area contributed by atoms with Crippen molar-refractivity contribution in [2.45, 2.75) is 9.92 Å². The Morgan fingerprint density at radius 2 is 2.12 bits per heavy atom. The summed E-state index contributed by atoms with van der Waals surface area (Å²) in [6.45, 7) is 0. The molecule has 0 saturated carbocycles. The maximum absolute atomic E-state index is 11.0. The molecule has 0 fully saturated rings. The molecule has 0 radical (unpaired) electrons.